The maximum Gasteiger partial charge on any atom is 0.264 e. The summed E-state index contributed by atoms with van der Waals surface area (Å²) in [5.41, 5.74) is 2.76. The fourth-order valence-corrected chi connectivity index (χ4v) is 7.89. The summed E-state index contributed by atoms with van der Waals surface area (Å²) in [4.78, 5) is 30.4. The SMILES string of the molecule is Cc1ccc(S(=O)(=O)N(CC(=O)N(Cc2ccccc2Cl)C(Cc2ccccc2)C(=O)NC2CCCCC2)c2cccc(Br)c2)cc1. The van der Waals surface area contributed by atoms with Crippen molar-refractivity contribution in [2.75, 3.05) is 10.8 Å². The number of sulfonamides is 1. The van der Waals surface area contributed by atoms with Crippen molar-refractivity contribution in [2.45, 2.75) is 69.0 Å². The smallest absolute Gasteiger partial charge is 0.264 e. The number of hydrogen-bond acceptors (Lipinski definition) is 4. The summed E-state index contributed by atoms with van der Waals surface area (Å²) in [6, 6.07) is 29.2. The fraction of sp³-hybridized carbons (Fsp3) is 0.297. The summed E-state index contributed by atoms with van der Waals surface area (Å²) in [5.74, 6) is -0.795. The van der Waals surface area contributed by atoms with Crippen LogP contribution in [0.5, 0.6) is 0 Å². The van der Waals surface area contributed by atoms with E-state index in [1.165, 1.54) is 17.0 Å². The molecule has 1 aliphatic rings. The molecular formula is C37H39BrClN3O4S. The second-order valence-electron chi connectivity index (χ2n) is 12.0. The van der Waals surface area contributed by atoms with Gasteiger partial charge in [-0.2, -0.15) is 0 Å². The lowest BCUT2D eigenvalue weighted by molar-refractivity contribution is -0.140. The Hall–Kier alpha value is -3.66. The van der Waals surface area contributed by atoms with Gasteiger partial charge in [0, 0.05) is 28.5 Å². The van der Waals surface area contributed by atoms with Crippen molar-refractivity contribution in [1.29, 1.82) is 0 Å². The molecule has 7 nitrogen and oxygen atoms in total. The van der Waals surface area contributed by atoms with Gasteiger partial charge in [-0.05, 0) is 67.3 Å². The van der Waals surface area contributed by atoms with Gasteiger partial charge in [-0.3, -0.25) is 13.9 Å². The molecule has 0 aliphatic heterocycles. The monoisotopic (exact) mass is 735 g/mol. The highest BCUT2D eigenvalue weighted by Gasteiger charge is 2.35. The molecular weight excluding hydrogens is 698 g/mol. The van der Waals surface area contributed by atoms with Crippen LogP contribution in [-0.2, 0) is 32.6 Å². The van der Waals surface area contributed by atoms with Crippen LogP contribution in [0.15, 0.2) is 112 Å². The minimum Gasteiger partial charge on any atom is -0.352 e. The Morgan fingerprint density at radius 2 is 1.57 bits per heavy atom. The highest BCUT2D eigenvalue weighted by molar-refractivity contribution is 9.10. The van der Waals surface area contributed by atoms with Gasteiger partial charge in [-0.15, -0.1) is 0 Å². The Labute approximate surface area is 291 Å². The number of anilines is 1. The number of amides is 2. The van der Waals surface area contributed by atoms with E-state index in [-0.39, 0.29) is 29.8 Å². The molecule has 10 heteroatoms. The Balaban J connectivity index is 1.57. The lowest BCUT2D eigenvalue weighted by Gasteiger charge is -2.35. The molecule has 1 saturated carbocycles. The van der Waals surface area contributed by atoms with Crippen LogP contribution in [0.4, 0.5) is 5.69 Å². The molecule has 5 rings (SSSR count). The Kier molecular flexibility index (Phi) is 11.8. The molecule has 2 amide bonds. The molecule has 1 fully saturated rings. The molecule has 0 aromatic heterocycles. The normalized spacial score (nSPS) is 14.3. The van der Waals surface area contributed by atoms with Crippen LogP contribution in [0.2, 0.25) is 5.02 Å². The average molecular weight is 737 g/mol. The molecule has 1 unspecified atom stereocenters. The van der Waals surface area contributed by atoms with Gasteiger partial charge in [0.2, 0.25) is 11.8 Å². The van der Waals surface area contributed by atoms with Gasteiger partial charge >= 0.3 is 0 Å². The standard InChI is InChI=1S/C37H39BrClN3O4S/c1-27-19-21-33(22-20-27)47(45,46)42(32-17-10-14-30(38)24-32)26-36(43)41(25-29-13-8-9-18-34(29)39)35(23-28-11-4-2-5-12-28)37(44)40-31-15-6-3-7-16-31/h2,4-5,8-14,17-22,24,31,35H,3,6-7,15-16,23,25-26H2,1H3,(H,40,44). The van der Waals surface area contributed by atoms with Crippen LogP contribution in [0.25, 0.3) is 0 Å². The van der Waals surface area contributed by atoms with Crippen LogP contribution >= 0.6 is 27.5 Å². The summed E-state index contributed by atoms with van der Waals surface area (Å²) in [6.45, 7) is 1.37. The van der Waals surface area contributed by atoms with Crippen molar-refractivity contribution < 1.29 is 18.0 Å². The molecule has 1 aliphatic carbocycles. The second kappa shape index (κ2) is 16.0. The molecule has 0 radical (unpaired) electrons. The van der Waals surface area contributed by atoms with Gasteiger partial charge in [0.15, 0.2) is 0 Å². The van der Waals surface area contributed by atoms with Crippen LogP contribution in [0.3, 0.4) is 0 Å². The van der Waals surface area contributed by atoms with E-state index in [0.29, 0.717) is 20.7 Å². The van der Waals surface area contributed by atoms with E-state index in [4.69, 9.17) is 11.6 Å². The van der Waals surface area contributed by atoms with Gasteiger partial charge in [-0.1, -0.05) is 119 Å². The first-order chi connectivity index (χ1) is 22.6. The van der Waals surface area contributed by atoms with Gasteiger partial charge in [-0.25, -0.2) is 8.42 Å². The third-order valence-electron chi connectivity index (χ3n) is 8.51. The van der Waals surface area contributed by atoms with E-state index < -0.39 is 28.5 Å². The van der Waals surface area contributed by atoms with Crippen LogP contribution in [0.1, 0.15) is 48.8 Å². The van der Waals surface area contributed by atoms with E-state index >= 15 is 0 Å². The molecule has 0 bridgehead atoms. The summed E-state index contributed by atoms with van der Waals surface area (Å²) in [5, 5.41) is 3.68. The number of benzene rings is 4. The van der Waals surface area contributed by atoms with E-state index in [0.717, 1.165) is 47.5 Å². The number of nitrogens with one attached hydrogen (secondary N) is 1. The first kappa shape index (κ1) is 34.7. The second-order valence-corrected chi connectivity index (χ2v) is 15.2. The van der Waals surface area contributed by atoms with Crippen molar-refractivity contribution in [3.63, 3.8) is 0 Å². The fourth-order valence-electron chi connectivity index (χ4n) is 5.91. The quantitative estimate of drug-likeness (QED) is 0.162. The number of carbonyl (C=O) groups excluding carboxylic acids is 2. The Morgan fingerprint density at radius 1 is 0.894 bits per heavy atom. The number of nitrogens with zero attached hydrogens (tertiary/aromatic N) is 2. The first-order valence-corrected chi connectivity index (χ1v) is 18.4. The summed E-state index contributed by atoms with van der Waals surface area (Å²) >= 11 is 10.1. The lowest BCUT2D eigenvalue weighted by Crippen LogP contribution is -2.55. The van der Waals surface area contributed by atoms with Gasteiger partial charge < -0.3 is 10.2 Å². The largest absolute Gasteiger partial charge is 0.352 e. The average Bonchev–Trinajstić information content (AvgIpc) is 3.07. The van der Waals surface area contributed by atoms with Crippen molar-refractivity contribution >= 4 is 55.1 Å². The van der Waals surface area contributed by atoms with Gasteiger partial charge in [0.1, 0.15) is 12.6 Å². The molecule has 4 aromatic rings. The maximum atomic E-state index is 14.7. The third kappa shape index (κ3) is 9.03. The highest BCUT2D eigenvalue weighted by atomic mass is 79.9. The zero-order valence-electron chi connectivity index (χ0n) is 26.3. The molecule has 0 saturated heterocycles. The highest BCUT2D eigenvalue weighted by Crippen LogP contribution is 2.28. The van der Waals surface area contributed by atoms with Crippen LogP contribution < -0.4 is 9.62 Å². The Morgan fingerprint density at radius 3 is 2.26 bits per heavy atom. The van der Waals surface area contributed by atoms with E-state index in [1.54, 1.807) is 48.5 Å². The third-order valence-corrected chi connectivity index (χ3v) is 11.2. The van der Waals surface area contributed by atoms with Crippen LogP contribution in [-0.4, -0.2) is 43.8 Å². The maximum absolute atomic E-state index is 14.7. The Bertz CT molecular complexity index is 1780. The van der Waals surface area contributed by atoms with Crippen molar-refractivity contribution in [3.05, 3.63) is 129 Å². The van der Waals surface area contributed by atoms with E-state index in [9.17, 15) is 18.0 Å². The summed E-state index contributed by atoms with van der Waals surface area (Å²) < 4.78 is 30.2. The number of carbonyl (C=O) groups is 2. The summed E-state index contributed by atoms with van der Waals surface area (Å²) in [7, 11) is -4.19. The topological polar surface area (TPSA) is 86.8 Å². The lowest BCUT2D eigenvalue weighted by atomic mass is 9.94. The van der Waals surface area contributed by atoms with Gasteiger partial charge in [0.25, 0.3) is 10.0 Å². The predicted molar refractivity (Wildman–Crippen MR) is 191 cm³/mol. The molecule has 47 heavy (non-hydrogen) atoms. The molecule has 0 spiro atoms. The van der Waals surface area contributed by atoms with Crippen molar-refractivity contribution in [2.24, 2.45) is 0 Å². The minimum atomic E-state index is -4.19. The number of aryl methyl sites for hydroxylation is 1. The minimum absolute atomic E-state index is 0.0188. The molecule has 4 aromatic carbocycles. The molecule has 1 atom stereocenters. The zero-order valence-corrected chi connectivity index (χ0v) is 29.5. The zero-order chi connectivity index (χ0) is 33.4. The summed E-state index contributed by atoms with van der Waals surface area (Å²) in [6.07, 6.45) is 5.22. The molecule has 1 N–H and O–H groups in total. The number of hydrogen-bond donors (Lipinski definition) is 1. The van der Waals surface area contributed by atoms with E-state index in [1.807, 2.05) is 49.4 Å². The number of rotatable bonds is 12. The molecule has 0 heterocycles. The number of halogens is 2. The van der Waals surface area contributed by atoms with Gasteiger partial charge in [0.05, 0.1) is 10.6 Å². The molecule has 246 valence electrons. The first-order valence-electron chi connectivity index (χ1n) is 15.8. The van der Waals surface area contributed by atoms with E-state index in [2.05, 4.69) is 21.2 Å². The van der Waals surface area contributed by atoms with Crippen molar-refractivity contribution in [1.82, 2.24) is 10.2 Å². The van der Waals surface area contributed by atoms with Crippen molar-refractivity contribution in [3.8, 4) is 0 Å². The predicted octanol–water partition coefficient (Wildman–Crippen LogP) is 7.70. The van der Waals surface area contributed by atoms with Crippen LogP contribution in [0, 0.1) is 6.92 Å².